The standard InChI is InChI=1S/C20H38N2/c1-6-9-13-20(7-2,14-12-18(4)5)17-21-19-11-10-15-22(8-3)16-19/h14,19,21H,6-11,13,15-17H2,1-5H3/t19-,20-/m1/s1. The molecule has 0 spiro atoms. The van der Waals surface area contributed by atoms with Gasteiger partial charge in [-0.25, -0.2) is 0 Å². The molecular weight excluding hydrogens is 268 g/mol. The molecule has 128 valence electrons. The molecule has 0 aromatic rings. The van der Waals surface area contributed by atoms with E-state index in [1.54, 1.807) is 0 Å². The maximum Gasteiger partial charge on any atom is 0.0195 e. The lowest BCUT2D eigenvalue weighted by Crippen LogP contribution is -2.48. The Morgan fingerprint density at radius 3 is 2.68 bits per heavy atom. The van der Waals surface area contributed by atoms with Crippen LogP contribution in [0.4, 0.5) is 0 Å². The van der Waals surface area contributed by atoms with E-state index in [-0.39, 0.29) is 5.41 Å². The molecule has 2 nitrogen and oxygen atoms in total. The van der Waals surface area contributed by atoms with Gasteiger partial charge >= 0.3 is 0 Å². The van der Waals surface area contributed by atoms with Crippen molar-refractivity contribution in [2.75, 3.05) is 26.2 Å². The van der Waals surface area contributed by atoms with Crippen molar-refractivity contribution in [3.05, 3.63) is 17.4 Å². The third-order valence-electron chi connectivity index (χ3n) is 5.09. The number of hydrogen-bond donors (Lipinski definition) is 1. The number of likely N-dealkylation sites (tertiary alicyclic amines) is 1. The number of likely N-dealkylation sites (N-methyl/N-ethyl adjacent to an activating group) is 1. The van der Waals surface area contributed by atoms with E-state index in [9.17, 15) is 0 Å². The van der Waals surface area contributed by atoms with Gasteiger partial charge in [-0.1, -0.05) is 33.6 Å². The highest BCUT2D eigenvalue weighted by molar-refractivity contribution is 5.04. The number of unbranched alkanes of at least 4 members (excludes halogenated alkanes) is 1. The number of nitrogens with zero attached hydrogens (tertiary/aromatic N) is 1. The van der Waals surface area contributed by atoms with E-state index in [4.69, 9.17) is 0 Å². The Balaban J connectivity index is 2.68. The largest absolute Gasteiger partial charge is 0.312 e. The van der Waals surface area contributed by atoms with E-state index in [1.807, 2.05) is 0 Å². The van der Waals surface area contributed by atoms with Crippen LogP contribution in [-0.2, 0) is 0 Å². The molecule has 1 aliphatic rings. The Kier molecular flexibility index (Phi) is 9.09. The van der Waals surface area contributed by atoms with Gasteiger partial charge in [0.2, 0.25) is 0 Å². The maximum absolute atomic E-state index is 3.89. The Labute approximate surface area is 139 Å². The molecule has 1 fully saturated rings. The zero-order valence-corrected chi connectivity index (χ0v) is 15.7. The third kappa shape index (κ3) is 6.69. The molecule has 1 N–H and O–H groups in total. The van der Waals surface area contributed by atoms with Gasteiger partial charge in [-0.2, -0.15) is 0 Å². The summed E-state index contributed by atoms with van der Waals surface area (Å²) >= 11 is 0. The van der Waals surface area contributed by atoms with Crippen LogP contribution in [0.1, 0.15) is 73.1 Å². The highest BCUT2D eigenvalue weighted by atomic mass is 15.2. The van der Waals surface area contributed by atoms with E-state index in [0.717, 1.165) is 6.54 Å². The number of nitrogens with one attached hydrogen (secondary N) is 1. The summed E-state index contributed by atoms with van der Waals surface area (Å²) < 4.78 is 0. The van der Waals surface area contributed by atoms with Crippen LogP contribution in [-0.4, -0.2) is 37.1 Å². The summed E-state index contributed by atoms with van der Waals surface area (Å²) in [5, 5.41) is 3.89. The minimum Gasteiger partial charge on any atom is -0.312 e. The van der Waals surface area contributed by atoms with E-state index in [1.165, 1.54) is 63.7 Å². The number of hydrogen-bond acceptors (Lipinski definition) is 2. The molecule has 1 rings (SSSR count). The Bertz CT molecular complexity index is 364. The molecule has 2 atom stereocenters. The second kappa shape index (κ2) is 10.3. The first-order valence-corrected chi connectivity index (χ1v) is 9.42. The normalized spacial score (nSPS) is 22.0. The van der Waals surface area contributed by atoms with Crippen molar-refractivity contribution in [3.8, 4) is 0 Å². The molecule has 0 bridgehead atoms. The molecule has 1 aliphatic heterocycles. The van der Waals surface area contributed by atoms with Crippen molar-refractivity contribution in [1.82, 2.24) is 10.2 Å². The van der Waals surface area contributed by atoms with Gasteiger partial charge in [0, 0.05) is 24.5 Å². The fraction of sp³-hybridized carbons (Fsp3) is 0.850. The van der Waals surface area contributed by atoms with Crippen LogP contribution in [0.5, 0.6) is 0 Å². The van der Waals surface area contributed by atoms with E-state index in [0.29, 0.717) is 6.04 Å². The molecule has 0 saturated carbocycles. The average Bonchev–Trinajstić information content (AvgIpc) is 2.55. The summed E-state index contributed by atoms with van der Waals surface area (Å²) in [6.07, 6.45) is 10.1. The Morgan fingerprint density at radius 1 is 1.32 bits per heavy atom. The van der Waals surface area contributed by atoms with Gasteiger partial charge in [0.05, 0.1) is 0 Å². The van der Waals surface area contributed by atoms with Gasteiger partial charge < -0.3 is 10.2 Å². The Morgan fingerprint density at radius 2 is 2.09 bits per heavy atom. The van der Waals surface area contributed by atoms with Crippen LogP contribution in [0.2, 0.25) is 0 Å². The maximum atomic E-state index is 3.89. The Hall–Kier alpha value is -0.560. The fourth-order valence-electron chi connectivity index (χ4n) is 3.30. The summed E-state index contributed by atoms with van der Waals surface area (Å²) in [4.78, 5) is 2.58. The molecule has 1 heterocycles. The van der Waals surface area contributed by atoms with Crippen molar-refractivity contribution in [3.63, 3.8) is 0 Å². The van der Waals surface area contributed by atoms with Crippen LogP contribution >= 0.6 is 0 Å². The lowest BCUT2D eigenvalue weighted by Gasteiger charge is -2.36. The van der Waals surface area contributed by atoms with Crippen molar-refractivity contribution in [2.45, 2.75) is 79.2 Å². The van der Waals surface area contributed by atoms with E-state index >= 15 is 0 Å². The first-order chi connectivity index (χ1) is 10.5. The first kappa shape index (κ1) is 19.5. The molecule has 0 aromatic carbocycles. The van der Waals surface area contributed by atoms with Gasteiger partial charge in [0.15, 0.2) is 0 Å². The SMILES string of the molecule is CCCC[C@@](C=C=C(C)C)(CC)CN[C@@H]1CCCN(CC)C1. The second-order valence-corrected chi connectivity index (χ2v) is 7.22. The summed E-state index contributed by atoms with van der Waals surface area (Å²) in [6, 6.07) is 0.668. The third-order valence-corrected chi connectivity index (χ3v) is 5.09. The average molecular weight is 307 g/mol. The lowest BCUT2D eigenvalue weighted by molar-refractivity contribution is 0.184. The number of rotatable bonds is 9. The molecule has 2 heteroatoms. The first-order valence-electron chi connectivity index (χ1n) is 9.42. The highest BCUT2D eigenvalue weighted by Crippen LogP contribution is 2.30. The monoisotopic (exact) mass is 306 g/mol. The summed E-state index contributed by atoms with van der Waals surface area (Å²) in [7, 11) is 0. The van der Waals surface area contributed by atoms with Gasteiger partial charge in [0.1, 0.15) is 0 Å². The van der Waals surface area contributed by atoms with Gasteiger partial charge in [-0.15, -0.1) is 5.73 Å². The molecule has 1 saturated heterocycles. The molecule has 0 unspecified atom stereocenters. The topological polar surface area (TPSA) is 15.3 Å². The van der Waals surface area contributed by atoms with Crippen LogP contribution in [0.15, 0.2) is 17.4 Å². The summed E-state index contributed by atoms with van der Waals surface area (Å²) in [5.74, 6) is 0. The summed E-state index contributed by atoms with van der Waals surface area (Å²) in [5.41, 5.74) is 5.06. The summed E-state index contributed by atoms with van der Waals surface area (Å²) in [6.45, 7) is 16.0. The van der Waals surface area contributed by atoms with Crippen LogP contribution in [0.25, 0.3) is 0 Å². The minimum atomic E-state index is 0.280. The predicted octanol–water partition coefficient (Wildman–Crippen LogP) is 4.77. The van der Waals surface area contributed by atoms with Crippen LogP contribution in [0, 0.1) is 5.41 Å². The van der Waals surface area contributed by atoms with Crippen molar-refractivity contribution in [2.24, 2.45) is 5.41 Å². The lowest BCUT2D eigenvalue weighted by atomic mass is 9.79. The van der Waals surface area contributed by atoms with Gasteiger partial charge in [-0.3, -0.25) is 0 Å². The quantitative estimate of drug-likeness (QED) is 0.617. The van der Waals surface area contributed by atoms with Crippen molar-refractivity contribution in [1.29, 1.82) is 0 Å². The van der Waals surface area contributed by atoms with Crippen molar-refractivity contribution >= 4 is 0 Å². The zero-order chi connectivity index (χ0) is 16.4. The molecule has 0 aromatic heterocycles. The highest BCUT2D eigenvalue weighted by Gasteiger charge is 2.27. The molecular formula is C20H38N2. The van der Waals surface area contributed by atoms with Crippen molar-refractivity contribution < 1.29 is 0 Å². The van der Waals surface area contributed by atoms with Gasteiger partial charge in [0.25, 0.3) is 0 Å². The number of piperidine rings is 1. The molecule has 0 amide bonds. The molecule has 0 aliphatic carbocycles. The van der Waals surface area contributed by atoms with E-state index in [2.05, 4.69) is 56.6 Å². The van der Waals surface area contributed by atoms with E-state index < -0.39 is 0 Å². The van der Waals surface area contributed by atoms with Gasteiger partial charge in [-0.05, 0) is 64.3 Å². The molecule has 22 heavy (non-hydrogen) atoms. The van der Waals surface area contributed by atoms with Crippen LogP contribution in [0.3, 0.4) is 0 Å². The second-order valence-electron chi connectivity index (χ2n) is 7.22. The fourth-order valence-corrected chi connectivity index (χ4v) is 3.30. The predicted molar refractivity (Wildman–Crippen MR) is 98.3 cm³/mol. The smallest absolute Gasteiger partial charge is 0.0195 e. The minimum absolute atomic E-state index is 0.280. The molecule has 0 radical (unpaired) electrons. The zero-order valence-electron chi connectivity index (χ0n) is 15.7. The van der Waals surface area contributed by atoms with Crippen LogP contribution < -0.4 is 5.32 Å².